The van der Waals surface area contributed by atoms with E-state index < -0.39 is 0 Å². The van der Waals surface area contributed by atoms with Gasteiger partial charge in [-0.05, 0) is 49.3 Å². The second kappa shape index (κ2) is 6.10. The Morgan fingerprint density at radius 3 is 2.80 bits per heavy atom. The van der Waals surface area contributed by atoms with E-state index in [4.69, 9.17) is 0 Å². The average molecular weight is 341 g/mol. The van der Waals surface area contributed by atoms with Crippen LogP contribution < -0.4 is 10.9 Å². The van der Waals surface area contributed by atoms with Crippen molar-refractivity contribution in [2.45, 2.75) is 31.3 Å². The molecule has 1 aromatic rings. The van der Waals surface area contributed by atoms with E-state index in [1.165, 1.54) is 23.9 Å². The van der Waals surface area contributed by atoms with Gasteiger partial charge in [-0.2, -0.15) is 5.10 Å². The Kier molecular flexibility index (Phi) is 4.65. The zero-order valence-electron chi connectivity index (χ0n) is 12.0. The maximum Gasteiger partial charge on any atom is 0.283 e. The third-order valence-corrected chi connectivity index (χ3v) is 4.89. The van der Waals surface area contributed by atoms with Crippen LogP contribution in [0.3, 0.4) is 0 Å². The van der Waals surface area contributed by atoms with Crippen molar-refractivity contribution in [3.8, 4) is 0 Å². The Labute approximate surface area is 127 Å². The predicted octanol–water partition coefficient (Wildman–Crippen LogP) is 2.09. The second-order valence-electron chi connectivity index (χ2n) is 5.47. The van der Waals surface area contributed by atoms with Gasteiger partial charge < -0.3 is 10.2 Å². The number of likely N-dealkylation sites (N-methyl/N-ethyl adjacent to an activating group) is 1. The summed E-state index contributed by atoms with van der Waals surface area (Å²) in [5.74, 6) is 0. The number of aromatic nitrogens is 2. The zero-order chi connectivity index (χ0) is 14.8. The van der Waals surface area contributed by atoms with Crippen LogP contribution in [0.2, 0.25) is 0 Å². The van der Waals surface area contributed by atoms with Gasteiger partial charge in [0.05, 0.1) is 18.4 Å². The third-order valence-electron chi connectivity index (χ3n) is 4.13. The standard InChI is InChI=1S/C14H21BrN4O/c1-4-8-19-13(20)12(15)11(9-17-19)16-10-14(18(2)3)6-5-7-14/h4,9,16H,1,5-8,10H2,2-3H3. The van der Waals surface area contributed by atoms with Crippen LogP contribution in [-0.4, -0.2) is 40.9 Å². The molecule has 1 aliphatic carbocycles. The van der Waals surface area contributed by atoms with Gasteiger partial charge in [0.1, 0.15) is 4.47 Å². The van der Waals surface area contributed by atoms with Gasteiger partial charge in [0, 0.05) is 12.1 Å². The lowest BCUT2D eigenvalue weighted by Gasteiger charge is -2.47. The molecular formula is C14H21BrN4O. The first-order chi connectivity index (χ1) is 9.50. The van der Waals surface area contributed by atoms with Crippen LogP contribution in [0, 0.1) is 0 Å². The lowest BCUT2D eigenvalue weighted by atomic mass is 9.75. The number of nitrogens with one attached hydrogen (secondary N) is 1. The number of rotatable bonds is 6. The topological polar surface area (TPSA) is 50.2 Å². The summed E-state index contributed by atoms with van der Waals surface area (Å²) in [7, 11) is 4.21. The highest BCUT2D eigenvalue weighted by Crippen LogP contribution is 2.36. The molecule has 6 heteroatoms. The van der Waals surface area contributed by atoms with Crippen LogP contribution in [0.5, 0.6) is 0 Å². The van der Waals surface area contributed by atoms with Gasteiger partial charge in [-0.3, -0.25) is 4.79 Å². The maximum atomic E-state index is 12.1. The number of allylic oxidation sites excluding steroid dienone is 1. The maximum absolute atomic E-state index is 12.1. The van der Waals surface area contributed by atoms with Crippen molar-refractivity contribution in [2.24, 2.45) is 0 Å². The smallest absolute Gasteiger partial charge is 0.283 e. The highest BCUT2D eigenvalue weighted by atomic mass is 79.9. The normalized spacial score (nSPS) is 16.8. The Morgan fingerprint density at radius 1 is 1.60 bits per heavy atom. The van der Waals surface area contributed by atoms with Crippen LogP contribution in [0.1, 0.15) is 19.3 Å². The van der Waals surface area contributed by atoms with Gasteiger partial charge in [-0.25, -0.2) is 4.68 Å². The first-order valence-electron chi connectivity index (χ1n) is 6.78. The van der Waals surface area contributed by atoms with Gasteiger partial charge >= 0.3 is 0 Å². The molecule has 1 saturated carbocycles. The molecule has 0 unspecified atom stereocenters. The van der Waals surface area contributed by atoms with Crippen LogP contribution in [-0.2, 0) is 6.54 Å². The summed E-state index contributed by atoms with van der Waals surface area (Å²) < 4.78 is 1.91. The molecule has 0 amide bonds. The fourth-order valence-electron chi connectivity index (χ4n) is 2.47. The van der Waals surface area contributed by atoms with Crippen molar-refractivity contribution >= 4 is 21.6 Å². The molecule has 0 aromatic carbocycles. The van der Waals surface area contributed by atoms with E-state index in [9.17, 15) is 4.79 Å². The predicted molar refractivity (Wildman–Crippen MR) is 85.2 cm³/mol. The summed E-state index contributed by atoms with van der Waals surface area (Å²) >= 11 is 3.36. The summed E-state index contributed by atoms with van der Waals surface area (Å²) in [4.78, 5) is 14.3. The lowest BCUT2D eigenvalue weighted by Crippen LogP contribution is -2.54. The average Bonchev–Trinajstić information content (AvgIpc) is 2.36. The number of hydrogen-bond acceptors (Lipinski definition) is 4. The van der Waals surface area contributed by atoms with Crippen molar-refractivity contribution < 1.29 is 0 Å². The number of nitrogens with zero attached hydrogens (tertiary/aromatic N) is 3. The Hall–Kier alpha value is -1.14. The van der Waals surface area contributed by atoms with E-state index >= 15 is 0 Å². The summed E-state index contributed by atoms with van der Waals surface area (Å²) in [6, 6.07) is 0. The third kappa shape index (κ3) is 2.81. The minimum absolute atomic E-state index is 0.137. The van der Waals surface area contributed by atoms with Gasteiger partial charge in [-0.1, -0.05) is 6.08 Å². The second-order valence-corrected chi connectivity index (χ2v) is 6.27. The van der Waals surface area contributed by atoms with Crippen LogP contribution in [0.25, 0.3) is 0 Å². The highest BCUT2D eigenvalue weighted by Gasteiger charge is 2.38. The number of anilines is 1. The minimum atomic E-state index is -0.137. The monoisotopic (exact) mass is 340 g/mol. The van der Waals surface area contributed by atoms with E-state index in [1.807, 2.05) is 0 Å². The molecule has 110 valence electrons. The first kappa shape index (κ1) is 15.3. The van der Waals surface area contributed by atoms with E-state index in [0.29, 0.717) is 11.0 Å². The molecule has 0 spiro atoms. The SMILES string of the molecule is C=CCn1ncc(NCC2(N(C)C)CCC2)c(Br)c1=O. The fourth-order valence-corrected chi connectivity index (χ4v) is 2.91. The van der Waals surface area contributed by atoms with Crippen molar-refractivity contribution in [3.63, 3.8) is 0 Å². The first-order valence-corrected chi connectivity index (χ1v) is 7.57. The summed E-state index contributed by atoms with van der Waals surface area (Å²) in [6.45, 7) is 4.86. The molecule has 0 radical (unpaired) electrons. The Morgan fingerprint density at radius 2 is 2.30 bits per heavy atom. The summed E-state index contributed by atoms with van der Waals surface area (Å²) in [5.41, 5.74) is 0.820. The molecule has 0 atom stereocenters. The highest BCUT2D eigenvalue weighted by molar-refractivity contribution is 9.10. The van der Waals surface area contributed by atoms with Crippen LogP contribution in [0.4, 0.5) is 5.69 Å². The molecule has 1 N–H and O–H groups in total. The Balaban J connectivity index is 2.12. The van der Waals surface area contributed by atoms with Gasteiger partial charge in [-0.15, -0.1) is 6.58 Å². The van der Waals surface area contributed by atoms with Crippen molar-refractivity contribution in [1.29, 1.82) is 0 Å². The molecular weight excluding hydrogens is 320 g/mol. The van der Waals surface area contributed by atoms with Crippen molar-refractivity contribution in [2.75, 3.05) is 26.0 Å². The molecule has 20 heavy (non-hydrogen) atoms. The summed E-state index contributed by atoms with van der Waals surface area (Å²) in [5, 5.41) is 7.50. The molecule has 1 aliphatic rings. The van der Waals surface area contributed by atoms with Crippen molar-refractivity contribution in [1.82, 2.24) is 14.7 Å². The van der Waals surface area contributed by atoms with Gasteiger partial charge in [0.25, 0.3) is 5.56 Å². The van der Waals surface area contributed by atoms with E-state index in [0.717, 1.165) is 12.2 Å². The van der Waals surface area contributed by atoms with Gasteiger partial charge in [0.15, 0.2) is 0 Å². The summed E-state index contributed by atoms with van der Waals surface area (Å²) in [6.07, 6.45) is 6.98. The van der Waals surface area contributed by atoms with Crippen LogP contribution in [0.15, 0.2) is 28.1 Å². The minimum Gasteiger partial charge on any atom is -0.381 e. The zero-order valence-corrected chi connectivity index (χ0v) is 13.6. The molecule has 0 aliphatic heterocycles. The van der Waals surface area contributed by atoms with E-state index in [2.05, 4.69) is 51.9 Å². The number of halogens is 1. The fraction of sp³-hybridized carbons (Fsp3) is 0.571. The molecule has 1 fully saturated rings. The van der Waals surface area contributed by atoms with E-state index in [-0.39, 0.29) is 11.1 Å². The van der Waals surface area contributed by atoms with Gasteiger partial charge in [0.2, 0.25) is 0 Å². The van der Waals surface area contributed by atoms with Crippen molar-refractivity contribution in [3.05, 3.63) is 33.7 Å². The lowest BCUT2D eigenvalue weighted by molar-refractivity contribution is 0.0739. The molecule has 1 heterocycles. The molecule has 1 aromatic heterocycles. The number of hydrogen-bond donors (Lipinski definition) is 1. The molecule has 5 nitrogen and oxygen atoms in total. The van der Waals surface area contributed by atoms with E-state index in [1.54, 1.807) is 12.3 Å². The quantitative estimate of drug-likeness (QED) is 0.805. The molecule has 2 rings (SSSR count). The van der Waals surface area contributed by atoms with Crippen LogP contribution >= 0.6 is 15.9 Å². The molecule has 0 saturated heterocycles. The largest absolute Gasteiger partial charge is 0.381 e. The Bertz CT molecular complexity index is 549. The molecule has 0 bridgehead atoms.